The van der Waals surface area contributed by atoms with E-state index in [4.69, 9.17) is 5.11 Å². The number of nitrogens with zero attached hydrogens (tertiary/aromatic N) is 1. The summed E-state index contributed by atoms with van der Waals surface area (Å²) in [7, 11) is 0. The minimum Gasteiger partial charge on any atom is -0.481 e. The molecule has 76 valence electrons. The summed E-state index contributed by atoms with van der Waals surface area (Å²) in [6.07, 6.45) is 0. The SMILES string of the molecule is CC(C)CN1CC(C(C)C(=O)O)C1. The number of likely N-dealkylation sites (tertiary alicyclic amines) is 1. The summed E-state index contributed by atoms with van der Waals surface area (Å²) in [5.41, 5.74) is 0. The van der Waals surface area contributed by atoms with Crippen LogP contribution in [-0.2, 0) is 4.79 Å². The van der Waals surface area contributed by atoms with Crippen LogP contribution in [-0.4, -0.2) is 35.6 Å². The third-order valence-corrected chi connectivity index (χ3v) is 2.71. The fraction of sp³-hybridized carbons (Fsp3) is 0.900. The monoisotopic (exact) mass is 185 g/mol. The molecule has 3 heteroatoms. The van der Waals surface area contributed by atoms with Crippen molar-refractivity contribution < 1.29 is 9.90 Å². The van der Waals surface area contributed by atoms with Crippen LogP contribution < -0.4 is 0 Å². The van der Waals surface area contributed by atoms with Gasteiger partial charge in [-0.05, 0) is 11.8 Å². The number of carboxylic acids is 1. The van der Waals surface area contributed by atoms with Gasteiger partial charge in [0.05, 0.1) is 5.92 Å². The molecule has 0 radical (unpaired) electrons. The molecule has 0 saturated carbocycles. The molecule has 0 aromatic rings. The lowest BCUT2D eigenvalue weighted by molar-refractivity contribution is -0.145. The van der Waals surface area contributed by atoms with Gasteiger partial charge in [-0.2, -0.15) is 0 Å². The molecule has 1 atom stereocenters. The summed E-state index contributed by atoms with van der Waals surface area (Å²) in [6.45, 7) is 9.21. The second-order valence-corrected chi connectivity index (χ2v) is 4.50. The van der Waals surface area contributed by atoms with Crippen molar-refractivity contribution in [3.8, 4) is 0 Å². The summed E-state index contributed by atoms with van der Waals surface area (Å²) in [5.74, 6) is 0.218. The predicted octanol–water partition coefficient (Wildman–Crippen LogP) is 1.29. The van der Waals surface area contributed by atoms with E-state index in [2.05, 4.69) is 18.7 Å². The molecule has 13 heavy (non-hydrogen) atoms. The third-order valence-electron chi connectivity index (χ3n) is 2.71. The van der Waals surface area contributed by atoms with E-state index in [1.54, 1.807) is 6.92 Å². The highest BCUT2D eigenvalue weighted by Gasteiger charge is 2.34. The van der Waals surface area contributed by atoms with Crippen LogP contribution >= 0.6 is 0 Å². The molecule has 0 aromatic carbocycles. The van der Waals surface area contributed by atoms with E-state index in [0.717, 1.165) is 19.6 Å². The van der Waals surface area contributed by atoms with Crippen molar-refractivity contribution in [2.75, 3.05) is 19.6 Å². The van der Waals surface area contributed by atoms with Crippen molar-refractivity contribution in [3.05, 3.63) is 0 Å². The first-order valence-electron chi connectivity index (χ1n) is 4.96. The minimum atomic E-state index is -0.658. The fourth-order valence-electron chi connectivity index (χ4n) is 1.79. The van der Waals surface area contributed by atoms with E-state index in [1.165, 1.54) is 0 Å². The lowest BCUT2D eigenvalue weighted by atomic mass is 9.86. The molecule has 1 N–H and O–H groups in total. The van der Waals surface area contributed by atoms with E-state index >= 15 is 0 Å². The van der Waals surface area contributed by atoms with Gasteiger partial charge in [-0.15, -0.1) is 0 Å². The van der Waals surface area contributed by atoms with Crippen LogP contribution in [0.25, 0.3) is 0 Å². The first kappa shape index (κ1) is 10.5. The zero-order valence-corrected chi connectivity index (χ0v) is 8.66. The van der Waals surface area contributed by atoms with Gasteiger partial charge in [0, 0.05) is 19.6 Å². The number of rotatable bonds is 4. The van der Waals surface area contributed by atoms with Crippen LogP contribution in [0.3, 0.4) is 0 Å². The van der Waals surface area contributed by atoms with E-state index in [9.17, 15) is 4.79 Å². The van der Waals surface area contributed by atoms with Gasteiger partial charge in [-0.25, -0.2) is 0 Å². The zero-order chi connectivity index (χ0) is 10.0. The molecule has 0 amide bonds. The van der Waals surface area contributed by atoms with Crippen LogP contribution in [0.5, 0.6) is 0 Å². The standard InChI is InChI=1S/C10H19NO2/c1-7(2)4-11-5-9(6-11)8(3)10(12)13/h7-9H,4-6H2,1-3H3,(H,12,13). The van der Waals surface area contributed by atoms with E-state index in [1.807, 2.05) is 0 Å². The Labute approximate surface area is 79.7 Å². The molecule has 0 spiro atoms. The van der Waals surface area contributed by atoms with Crippen LogP contribution in [0.4, 0.5) is 0 Å². The molecule has 0 aliphatic carbocycles. The summed E-state index contributed by atoms with van der Waals surface area (Å²) >= 11 is 0. The first-order chi connectivity index (χ1) is 6.00. The molecule has 1 unspecified atom stereocenters. The Hall–Kier alpha value is -0.570. The lowest BCUT2D eigenvalue weighted by Crippen LogP contribution is -2.51. The molecule has 1 heterocycles. The topological polar surface area (TPSA) is 40.5 Å². The average Bonchev–Trinajstić information content (AvgIpc) is 1.94. The maximum atomic E-state index is 10.6. The van der Waals surface area contributed by atoms with Crippen molar-refractivity contribution in [2.45, 2.75) is 20.8 Å². The van der Waals surface area contributed by atoms with Gasteiger partial charge in [-0.3, -0.25) is 4.79 Å². The van der Waals surface area contributed by atoms with Gasteiger partial charge >= 0.3 is 5.97 Å². The Balaban J connectivity index is 2.21. The van der Waals surface area contributed by atoms with Crippen molar-refractivity contribution in [2.24, 2.45) is 17.8 Å². The summed E-state index contributed by atoms with van der Waals surface area (Å²) in [6, 6.07) is 0. The molecule has 0 bridgehead atoms. The van der Waals surface area contributed by atoms with E-state index in [0.29, 0.717) is 11.8 Å². The van der Waals surface area contributed by atoms with E-state index < -0.39 is 5.97 Å². The smallest absolute Gasteiger partial charge is 0.306 e. The van der Waals surface area contributed by atoms with Gasteiger partial charge in [0.15, 0.2) is 0 Å². The molecule has 3 nitrogen and oxygen atoms in total. The summed E-state index contributed by atoms with van der Waals surface area (Å²) < 4.78 is 0. The predicted molar refractivity (Wildman–Crippen MR) is 51.6 cm³/mol. The molecular weight excluding hydrogens is 166 g/mol. The van der Waals surface area contributed by atoms with E-state index in [-0.39, 0.29) is 5.92 Å². The zero-order valence-electron chi connectivity index (χ0n) is 8.66. The maximum Gasteiger partial charge on any atom is 0.306 e. The average molecular weight is 185 g/mol. The molecule has 1 fully saturated rings. The van der Waals surface area contributed by atoms with Crippen molar-refractivity contribution in [1.82, 2.24) is 4.90 Å². The molecule has 1 aliphatic rings. The molecule has 1 aliphatic heterocycles. The molecule has 0 aromatic heterocycles. The van der Waals surface area contributed by atoms with Crippen LogP contribution in [0.15, 0.2) is 0 Å². The number of hydrogen-bond acceptors (Lipinski definition) is 2. The Morgan fingerprint density at radius 2 is 2.00 bits per heavy atom. The maximum absolute atomic E-state index is 10.6. The van der Waals surface area contributed by atoms with Gasteiger partial charge in [0.2, 0.25) is 0 Å². The Morgan fingerprint density at radius 1 is 1.46 bits per heavy atom. The molecule has 1 rings (SSSR count). The second-order valence-electron chi connectivity index (χ2n) is 4.50. The van der Waals surface area contributed by atoms with Crippen molar-refractivity contribution in [1.29, 1.82) is 0 Å². The number of carbonyl (C=O) groups is 1. The van der Waals surface area contributed by atoms with Crippen molar-refractivity contribution in [3.63, 3.8) is 0 Å². The highest BCUT2D eigenvalue weighted by Crippen LogP contribution is 2.24. The van der Waals surface area contributed by atoms with Crippen LogP contribution in [0.2, 0.25) is 0 Å². The van der Waals surface area contributed by atoms with Gasteiger partial charge in [0.25, 0.3) is 0 Å². The van der Waals surface area contributed by atoms with Crippen molar-refractivity contribution >= 4 is 5.97 Å². The molecular formula is C10H19NO2. The van der Waals surface area contributed by atoms with Gasteiger partial charge < -0.3 is 10.0 Å². The highest BCUT2D eigenvalue weighted by molar-refractivity contribution is 5.70. The van der Waals surface area contributed by atoms with Crippen LogP contribution in [0.1, 0.15) is 20.8 Å². The second kappa shape index (κ2) is 4.09. The summed E-state index contributed by atoms with van der Waals surface area (Å²) in [5, 5.41) is 8.77. The normalized spacial score (nSPS) is 21.5. The van der Waals surface area contributed by atoms with Gasteiger partial charge in [0.1, 0.15) is 0 Å². The molecule has 1 saturated heterocycles. The van der Waals surface area contributed by atoms with Gasteiger partial charge in [-0.1, -0.05) is 20.8 Å². The largest absolute Gasteiger partial charge is 0.481 e. The number of carboxylic acid groups (broad SMARTS) is 1. The Kier molecular flexibility index (Phi) is 3.31. The number of hydrogen-bond donors (Lipinski definition) is 1. The Bertz CT molecular complexity index is 185. The van der Waals surface area contributed by atoms with Crippen LogP contribution in [0, 0.1) is 17.8 Å². The Morgan fingerprint density at radius 3 is 2.38 bits per heavy atom. The minimum absolute atomic E-state index is 0.177. The quantitative estimate of drug-likeness (QED) is 0.717. The first-order valence-corrected chi connectivity index (χ1v) is 4.96. The number of aliphatic carboxylic acids is 1. The third kappa shape index (κ3) is 2.69. The lowest BCUT2D eigenvalue weighted by Gasteiger charge is -2.42. The fourth-order valence-corrected chi connectivity index (χ4v) is 1.79. The highest BCUT2D eigenvalue weighted by atomic mass is 16.4. The summed E-state index contributed by atoms with van der Waals surface area (Å²) in [4.78, 5) is 13.0.